The van der Waals surface area contributed by atoms with Crippen molar-refractivity contribution >= 4 is 23.5 Å². The topological polar surface area (TPSA) is 52.6 Å². The van der Waals surface area contributed by atoms with E-state index in [0.717, 1.165) is 63.4 Å². The van der Waals surface area contributed by atoms with Crippen molar-refractivity contribution in [3.05, 3.63) is 47.5 Å². The highest BCUT2D eigenvalue weighted by molar-refractivity contribution is 6.21. The first-order valence-electron chi connectivity index (χ1n) is 12.1. The molecular weight excluding hydrogens is 424 g/mol. The van der Waals surface area contributed by atoms with Crippen LogP contribution in [0.4, 0.5) is 0 Å². The third-order valence-electron chi connectivity index (χ3n) is 6.37. The second-order valence-corrected chi connectivity index (χ2v) is 9.38. The molecule has 0 heterocycles. The van der Waals surface area contributed by atoms with Gasteiger partial charge in [0.15, 0.2) is 0 Å². The van der Waals surface area contributed by atoms with Gasteiger partial charge in [0.1, 0.15) is 6.10 Å². The first kappa shape index (κ1) is 26.4. The summed E-state index contributed by atoms with van der Waals surface area (Å²) < 4.78 is 10.3. The van der Waals surface area contributed by atoms with Gasteiger partial charge in [0.2, 0.25) is 0 Å². The van der Waals surface area contributed by atoms with E-state index >= 15 is 0 Å². The number of ether oxygens (including phenoxy) is 2. The largest absolute Gasteiger partial charge is 0.469 e. The van der Waals surface area contributed by atoms with E-state index in [4.69, 9.17) is 16.3 Å². The maximum absolute atomic E-state index is 11.6. The fourth-order valence-electron chi connectivity index (χ4n) is 4.63. The van der Waals surface area contributed by atoms with E-state index in [9.17, 15) is 9.59 Å². The van der Waals surface area contributed by atoms with E-state index in [-0.39, 0.29) is 23.4 Å². The summed E-state index contributed by atoms with van der Waals surface area (Å²) in [6, 6.07) is 8.56. The molecule has 0 N–H and O–H groups in total. The Morgan fingerprint density at radius 2 is 1.88 bits per heavy atom. The third-order valence-corrected chi connectivity index (χ3v) is 6.86. The minimum Gasteiger partial charge on any atom is -0.469 e. The van der Waals surface area contributed by atoms with Crippen molar-refractivity contribution in [2.24, 2.45) is 5.92 Å². The summed E-state index contributed by atoms with van der Waals surface area (Å²) in [5.41, 5.74) is 2.33. The minimum absolute atomic E-state index is 0.146. The Morgan fingerprint density at radius 1 is 1.12 bits per heavy atom. The molecule has 0 amide bonds. The first-order valence-corrected chi connectivity index (χ1v) is 12.5. The SMILES string of the molecule is CCCCCC(OC(C)=O)c1ccc(C2[C@@H](C/C=C\CCCC(=O)OC)CC[C@H]2Cl)cc1. The lowest BCUT2D eigenvalue weighted by molar-refractivity contribution is -0.147. The van der Waals surface area contributed by atoms with E-state index in [1.165, 1.54) is 19.6 Å². The van der Waals surface area contributed by atoms with Gasteiger partial charge in [0.25, 0.3) is 0 Å². The van der Waals surface area contributed by atoms with Crippen molar-refractivity contribution in [2.45, 2.75) is 95.5 Å². The van der Waals surface area contributed by atoms with Crippen LogP contribution in [-0.4, -0.2) is 24.4 Å². The fourth-order valence-corrected chi connectivity index (χ4v) is 5.11. The number of alkyl halides is 1. The standard InChI is InChI=1S/C27H39ClO4/c1-4-5-8-12-25(32-20(2)29)21-14-16-23(17-15-21)27-22(18-19-24(27)28)11-9-6-7-10-13-26(30)31-3/h6,9,14-17,22,24-25,27H,4-5,7-8,10-13,18-19H2,1-3H3/b9-6-/t22-,24+,25?,27?/m0/s1. The van der Waals surface area contributed by atoms with Gasteiger partial charge >= 0.3 is 11.9 Å². The van der Waals surface area contributed by atoms with Gasteiger partial charge in [-0.2, -0.15) is 0 Å². The fraction of sp³-hybridized carbons (Fsp3) is 0.630. The number of methoxy groups -OCH3 is 1. The molecule has 0 aliphatic heterocycles. The Labute approximate surface area is 198 Å². The van der Waals surface area contributed by atoms with Crippen LogP contribution in [0.15, 0.2) is 36.4 Å². The second kappa shape index (κ2) is 14.4. The molecular formula is C27H39ClO4. The molecule has 0 spiro atoms. The number of carbonyl (C=O) groups excluding carboxylic acids is 2. The highest BCUT2D eigenvalue weighted by atomic mass is 35.5. The predicted molar refractivity (Wildman–Crippen MR) is 130 cm³/mol. The number of unbranched alkanes of at least 4 members (excludes halogenated alkanes) is 3. The molecule has 1 aliphatic rings. The Kier molecular flexibility index (Phi) is 11.9. The Hall–Kier alpha value is -1.81. The molecule has 32 heavy (non-hydrogen) atoms. The smallest absolute Gasteiger partial charge is 0.305 e. The quantitative estimate of drug-likeness (QED) is 0.134. The molecule has 0 aromatic heterocycles. The van der Waals surface area contributed by atoms with Crippen LogP contribution in [0.2, 0.25) is 0 Å². The van der Waals surface area contributed by atoms with Crippen LogP contribution in [0, 0.1) is 5.92 Å². The summed E-state index contributed by atoms with van der Waals surface area (Å²) in [6.45, 7) is 3.65. The van der Waals surface area contributed by atoms with Crippen molar-refractivity contribution in [1.82, 2.24) is 0 Å². The van der Waals surface area contributed by atoms with Gasteiger partial charge in [-0.25, -0.2) is 0 Å². The van der Waals surface area contributed by atoms with Crippen LogP contribution in [0.5, 0.6) is 0 Å². The molecule has 0 bridgehead atoms. The monoisotopic (exact) mass is 462 g/mol. The van der Waals surface area contributed by atoms with Crippen molar-refractivity contribution in [3.8, 4) is 0 Å². The van der Waals surface area contributed by atoms with Crippen LogP contribution in [-0.2, 0) is 19.1 Å². The molecule has 1 aliphatic carbocycles. The molecule has 4 nitrogen and oxygen atoms in total. The number of allylic oxidation sites excluding steroid dienone is 2. The maximum Gasteiger partial charge on any atom is 0.305 e. The van der Waals surface area contributed by atoms with Gasteiger partial charge in [-0.1, -0.05) is 56.2 Å². The van der Waals surface area contributed by atoms with E-state index < -0.39 is 0 Å². The van der Waals surface area contributed by atoms with Crippen molar-refractivity contribution in [1.29, 1.82) is 0 Å². The molecule has 1 aromatic rings. The molecule has 1 aromatic carbocycles. The van der Waals surface area contributed by atoms with Crippen LogP contribution in [0.1, 0.15) is 101 Å². The maximum atomic E-state index is 11.6. The lowest BCUT2D eigenvalue weighted by Gasteiger charge is -2.23. The summed E-state index contributed by atoms with van der Waals surface area (Å²) in [7, 11) is 1.43. The molecule has 2 unspecified atom stereocenters. The van der Waals surface area contributed by atoms with E-state index in [0.29, 0.717) is 18.3 Å². The average molecular weight is 463 g/mol. The number of esters is 2. The second-order valence-electron chi connectivity index (χ2n) is 8.82. The normalized spacial score (nSPS) is 21.6. The molecule has 0 radical (unpaired) electrons. The number of hydrogen-bond acceptors (Lipinski definition) is 4. The first-order chi connectivity index (χ1) is 15.5. The third kappa shape index (κ3) is 8.61. The summed E-state index contributed by atoms with van der Waals surface area (Å²) >= 11 is 6.73. The van der Waals surface area contributed by atoms with Crippen LogP contribution < -0.4 is 0 Å². The van der Waals surface area contributed by atoms with Gasteiger partial charge in [0, 0.05) is 24.6 Å². The Balaban J connectivity index is 1.97. The lowest BCUT2D eigenvalue weighted by Crippen LogP contribution is -2.13. The number of halogens is 1. The molecule has 1 saturated carbocycles. The summed E-state index contributed by atoms with van der Waals surface area (Å²) in [5.74, 6) is 0.473. The predicted octanol–water partition coefficient (Wildman–Crippen LogP) is 7.26. The zero-order valence-electron chi connectivity index (χ0n) is 19.9. The summed E-state index contributed by atoms with van der Waals surface area (Å²) in [5, 5.41) is 0.146. The van der Waals surface area contributed by atoms with E-state index in [1.807, 2.05) is 0 Å². The van der Waals surface area contributed by atoms with Gasteiger partial charge in [-0.05, 0) is 62.0 Å². The van der Waals surface area contributed by atoms with Crippen molar-refractivity contribution in [2.75, 3.05) is 7.11 Å². The number of benzene rings is 1. The van der Waals surface area contributed by atoms with Gasteiger partial charge < -0.3 is 9.47 Å². The number of hydrogen-bond donors (Lipinski definition) is 0. The summed E-state index contributed by atoms with van der Waals surface area (Å²) in [6.07, 6.45) is 13.8. The lowest BCUT2D eigenvalue weighted by atomic mass is 9.85. The number of carbonyl (C=O) groups is 2. The highest BCUT2D eigenvalue weighted by Gasteiger charge is 2.35. The molecule has 1 fully saturated rings. The average Bonchev–Trinajstić information content (AvgIpc) is 3.15. The molecule has 4 atom stereocenters. The van der Waals surface area contributed by atoms with Crippen molar-refractivity contribution in [3.63, 3.8) is 0 Å². The van der Waals surface area contributed by atoms with E-state index in [2.05, 4.69) is 48.1 Å². The summed E-state index contributed by atoms with van der Waals surface area (Å²) in [4.78, 5) is 22.8. The van der Waals surface area contributed by atoms with Crippen LogP contribution >= 0.6 is 11.6 Å². The highest BCUT2D eigenvalue weighted by Crippen LogP contribution is 2.45. The van der Waals surface area contributed by atoms with Crippen molar-refractivity contribution < 1.29 is 19.1 Å². The molecule has 5 heteroatoms. The zero-order valence-corrected chi connectivity index (χ0v) is 20.6. The zero-order chi connectivity index (χ0) is 23.3. The van der Waals surface area contributed by atoms with Gasteiger partial charge in [-0.3, -0.25) is 9.59 Å². The van der Waals surface area contributed by atoms with Gasteiger partial charge in [0.05, 0.1) is 7.11 Å². The minimum atomic E-state index is -0.231. The van der Waals surface area contributed by atoms with Crippen LogP contribution in [0.25, 0.3) is 0 Å². The number of rotatable bonds is 13. The van der Waals surface area contributed by atoms with E-state index in [1.54, 1.807) is 0 Å². The Morgan fingerprint density at radius 3 is 2.53 bits per heavy atom. The van der Waals surface area contributed by atoms with Gasteiger partial charge in [-0.15, -0.1) is 11.6 Å². The van der Waals surface area contributed by atoms with Crippen LogP contribution in [0.3, 0.4) is 0 Å². The molecule has 0 saturated heterocycles. The molecule has 178 valence electrons. The molecule has 2 rings (SSSR count). The Bertz CT molecular complexity index is 728.